The number of aromatic amines is 2. The first-order valence-corrected chi connectivity index (χ1v) is 12.3. The molecule has 0 bridgehead atoms. The Bertz CT molecular complexity index is 1760. The van der Waals surface area contributed by atoms with Gasteiger partial charge in [0.15, 0.2) is 0 Å². The average molecular weight is 541 g/mol. The van der Waals surface area contributed by atoms with Crippen molar-refractivity contribution in [1.82, 2.24) is 19.9 Å². The van der Waals surface area contributed by atoms with Gasteiger partial charge in [0.1, 0.15) is 0 Å². The Hall–Kier alpha value is -4.66. The minimum atomic E-state index is -0.483. The number of rotatable bonds is 5. The second kappa shape index (κ2) is 9.33. The molecule has 0 saturated carbocycles. The zero-order chi connectivity index (χ0) is 26.4. The number of aromatic nitrogens is 4. The minimum absolute atomic E-state index is 0.248. The van der Waals surface area contributed by atoms with Gasteiger partial charge < -0.3 is 15.7 Å². The van der Waals surface area contributed by atoms with E-state index in [1.54, 1.807) is 41.3 Å². The standard InChI is InChI=1S/C28H18Cl2N6O2/c29-27-32-21-11-9-19(13-23(21)34-27)36(20-10-12-22-24(14-20)35-28(30)33-22)26(38)18-7-3-16(4-8-18)15-1-5-17(6-2-15)25(31)37/h1-14H,(H2,31,37)(H,32,34)(H,33,35). The molecule has 0 aliphatic rings. The monoisotopic (exact) mass is 540 g/mol. The largest absolute Gasteiger partial charge is 0.366 e. The molecule has 0 saturated heterocycles. The van der Waals surface area contributed by atoms with Crippen LogP contribution in [0.4, 0.5) is 11.4 Å². The van der Waals surface area contributed by atoms with Crippen molar-refractivity contribution in [1.29, 1.82) is 0 Å². The van der Waals surface area contributed by atoms with Gasteiger partial charge in [0.25, 0.3) is 5.91 Å². The van der Waals surface area contributed by atoms with E-state index in [0.29, 0.717) is 33.5 Å². The number of amides is 2. The third-order valence-electron chi connectivity index (χ3n) is 6.23. The highest BCUT2D eigenvalue weighted by Crippen LogP contribution is 2.33. The van der Waals surface area contributed by atoms with Gasteiger partial charge in [-0.2, -0.15) is 0 Å². The molecule has 0 fully saturated rings. The summed E-state index contributed by atoms with van der Waals surface area (Å²) >= 11 is 12.1. The number of nitrogens with zero attached hydrogens (tertiary/aromatic N) is 3. The highest BCUT2D eigenvalue weighted by Gasteiger charge is 2.22. The number of imidazole rings is 2. The Balaban J connectivity index is 1.40. The van der Waals surface area contributed by atoms with Crippen molar-refractivity contribution >= 4 is 68.5 Å². The number of H-pyrrole nitrogens is 2. The number of hydrogen-bond donors (Lipinski definition) is 3. The lowest BCUT2D eigenvalue weighted by Gasteiger charge is -2.23. The molecule has 4 aromatic carbocycles. The Kier molecular flexibility index (Phi) is 5.83. The molecule has 6 rings (SSSR count). The average Bonchev–Trinajstić information content (AvgIpc) is 3.48. The maximum Gasteiger partial charge on any atom is 0.262 e. The van der Waals surface area contributed by atoms with Gasteiger partial charge in [0.05, 0.1) is 33.4 Å². The van der Waals surface area contributed by atoms with Gasteiger partial charge in [-0.15, -0.1) is 0 Å². The molecule has 2 amide bonds. The van der Waals surface area contributed by atoms with Crippen LogP contribution in [0.3, 0.4) is 0 Å². The summed E-state index contributed by atoms with van der Waals surface area (Å²) in [6.45, 7) is 0. The number of carbonyl (C=O) groups is 2. The van der Waals surface area contributed by atoms with Crippen LogP contribution in [0.1, 0.15) is 20.7 Å². The molecule has 38 heavy (non-hydrogen) atoms. The second-order valence-electron chi connectivity index (χ2n) is 8.62. The van der Waals surface area contributed by atoms with Gasteiger partial charge >= 0.3 is 0 Å². The molecule has 0 spiro atoms. The molecule has 6 aromatic rings. The summed E-state index contributed by atoms with van der Waals surface area (Å²) in [7, 11) is 0. The number of primary amides is 1. The van der Waals surface area contributed by atoms with E-state index < -0.39 is 5.91 Å². The summed E-state index contributed by atoms with van der Waals surface area (Å²) in [5, 5.41) is 0.532. The van der Waals surface area contributed by atoms with Gasteiger partial charge in [-0.3, -0.25) is 14.5 Å². The zero-order valence-corrected chi connectivity index (χ0v) is 21.1. The normalized spacial score (nSPS) is 11.2. The van der Waals surface area contributed by atoms with Crippen LogP contribution in [0.15, 0.2) is 84.9 Å². The third kappa shape index (κ3) is 4.36. The summed E-state index contributed by atoms with van der Waals surface area (Å²) < 4.78 is 0. The van der Waals surface area contributed by atoms with E-state index >= 15 is 0 Å². The number of hydrogen-bond acceptors (Lipinski definition) is 4. The summed E-state index contributed by atoms with van der Waals surface area (Å²) in [6.07, 6.45) is 0. The Morgan fingerprint density at radius 1 is 0.658 bits per heavy atom. The predicted octanol–water partition coefficient (Wildman–Crippen LogP) is 6.49. The molecule has 4 N–H and O–H groups in total. The van der Waals surface area contributed by atoms with Gasteiger partial charge in [0.2, 0.25) is 16.5 Å². The van der Waals surface area contributed by atoms with E-state index in [2.05, 4.69) is 19.9 Å². The fraction of sp³-hybridized carbons (Fsp3) is 0. The third-order valence-corrected chi connectivity index (χ3v) is 6.59. The van der Waals surface area contributed by atoms with Crippen LogP contribution in [0, 0.1) is 0 Å². The van der Waals surface area contributed by atoms with Crippen molar-refractivity contribution in [3.05, 3.63) is 107 Å². The number of fused-ring (bicyclic) bond motifs is 2. The van der Waals surface area contributed by atoms with Crippen LogP contribution in [-0.4, -0.2) is 31.8 Å². The highest BCUT2D eigenvalue weighted by molar-refractivity contribution is 6.29. The van der Waals surface area contributed by atoms with Crippen LogP contribution in [0.5, 0.6) is 0 Å². The molecule has 2 aromatic heterocycles. The molecule has 8 nitrogen and oxygen atoms in total. The van der Waals surface area contributed by atoms with Crippen molar-refractivity contribution in [2.45, 2.75) is 0 Å². The van der Waals surface area contributed by atoms with Crippen molar-refractivity contribution in [2.75, 3.05) is 4.90 Å². The number of nitrogens with two attached hydrogens (primary N) is 1. The van der Waals surface area contributed by atoms with Crippen molar-refractivity contribution < 1.29 is 9.59 Å². The number of halogens is 2. The van der Waals surface area contributed by atoms with E-state index in [4.69, 9.17) is 28.9 Å². The maximum atomic E-state index is 14.0. The molecular weight excluding hydrogens is 523 g/mol. The molecule has 0 unspecified atom stereocenters. The van der Waals surface area contributed by atoms with E-state index in [0.717, 1.165) is 22.2 Å². The quantitative estimate of drug-likeness (QED) is 0.231. The van der Waals surface area contributed by atoms with Gasteiger partial charge in [0, 0.05) is 11.1 Å². The lowest BCUT2D eigenvalue weighted by Crippen LogP contribution is -2.26. The molecule has 10 heteroatoms. The van der Waals surface area contributed by atoms with Crippen LogP contribution in [0.25, 0.3) is 33.2 Å². The van der Waals surface area contributed by atoms with Gasteiger partial charge in [-0.1, -0.05) is 24.3 Å². The van der Waals surface area contributed by atoms with Crippen LogP contribution in [0.2, 0.25) is 10.6 Å². The van der Waals surface area contributed by atoms with E-state index in [-0.39, 0.29) is 16.5 Å². The summed E-state index contributed by atoms with van der Waals surface area (Å²) in [4.78, 5) is 41.5. The minimum Gasteiger partial charge on any atom is -0.366 e. The van der Waals surface area contributed by atoms with E-state index in [1.165, 1.54) is 0 Å². The number of nitrogens with one attached hydrogen (secondary N) is 2. The molecule has 186 valence electrons. The topological polar surface area (TPSA) is 121 Å². The van der Waals surface area contributed by atoms with Crippen LogP contribution >= 0.6 is 23.2 Å². The molecule has 0 atom stereocenters. The first-order chi connectivity index (χ1) is 18.4. The Morgan fingerprint density at radius 3 is 1.55 bits per heavy atom. The lowest BCUT2D eigenvalue weighted by atomic mass is 10.0. The second-order valence-corrected chi connectivity index (χ2v) is 9.33. The predicted molar refractivity (Wildman–Crippen MR) is 149 cm³/mol. The fourth-order valence-corrected chi connectivity index (χ4v) is 4.73. The maximum absolute atomic E-state index is 14.0. The van der Waals surface area contributed by atoms with E-state index in [9.17, 15) is 9.59 Å². The number of carbonyl (C=O) groups excluding carboxylic acids is 2. The van der Waals surface area contributed by atoms with Gasteiger partial charge in [-0.05, 0) is 95.0 Å². The van der Waals surface area contributed by atoms with Gasteiger partial charge in [-0.25, -0.2) is 9.97 Å². The number of benzene rings is 4. The SMILES string of the molecule is NC(=O)c1ccc(-c2ccc(C(=O)N(c3ccc4[nH]c(Cl)nc4c3)c3ccc4[nH]c(Cl)nc4c3)cc2)cc1. The van der Waals surface area contributed by atoms with Crippen molar-refractivity contribution in [2.24, 2.45) is 5.73 Å². The molecule has 0 radical (unpaired) electrons. The lowest BCUT2D eigenvalue weighted by molar-refractivity contribution is 0.0991. The summed E-state index contributed by atoms with van der Waals surface area (Å²) in [6, 6.07) is 25.1. The van der Waals surface area contributed by atoms with Crippen molar-refractivity contribution in [3.63, 3.8) is 0 Å². The van der Waals surface area contributed by atoms with Crippen molar-refractivity contribution in [3.8, 4) is 11.1 Å². The van der Waals surface area contributed by atoms with Crippen LogP contribution < -0.4 is 10.6 Å². The Morgan fingerprint density at radius 2 is 1.11 bits per heavy atom. The first kappa shape index (κ1) is 23.7. The smallest absolute Gasteiger partial charge is 0.262 e. The molecule has 0 aliphatic heterocycles. The van der Waals surface area contributed by atoms with Crippen LogP contribution in [-0.2, 0) is 0 Å². The summed E-state index contributed by atoms with van der Waals surface area (Å²) in [5.74, 6) is -0.731. The fourth-order valence-electron chi connectivity index (χ4n) is 4.35. The highest BCUT2D eigenvalue weighted by atomic mass is 35.5. The first-order valence-electron chi connectivity index (χ1n) is 11.5. The molecule has 2 heterocycles. The zero-order valence-electron chi connectivity index (χ0n) is 19.6. The Labute approximate surface area is 226 Å². The summed E-state index contributed by atoms with van der Waals surface area (Å²) in [5.41, 5.74) is 12.0. The molecule has 0 aliphatic carbocycles. The number of anilines is 2. The molecular formula is C28H18Cl2N6O2. The van der Waals surface area contributed by atoms with E-state index in [1.807, 2.05) is 48.5 Å².